The fourth-order valence-electron chi connectivity index (χ4n) is 0.938. The molecule has 13 heavy (non-hydrogen) atoms. The summed E-state index contributed by atoms with van der Waals surface area (Å²) in [5.74, 6) is -0.572. The zero-order valence-electron chi connectivity index (χ0n) is 6.69. The van der Waals surface area contributed by atoms with Gasteiger partial charge in [-0.2, -0.15) is 0 Å². The molecular formula is C9H7NO3. The number of carbonyl (C=O) groups is 3. The van der Waals surface area contributed by atoms with E-state index in [0.29, 0.717) is 6.29 Å². The van der Waals surface area contributed by atoms with Crippen LogP contribution >= 0.6 is 0 Å². The Morgan fingerprint density at radius 3 is 2.54 bits per heavy atom. The fourth-order valence-corrected chi connectivity index (χ4v) is 0.938. The maximum absolute atomic E-state index is 11.1. The highest BCUT2D eigenvalue weighted by Gasteiger charge is 2.08. The first-order valence-electron chi connectivity index (χ1n) is 3.58. The summed E-state index contributed by atoms with van der Waals surface area (Å²) >= 11 is 0. The molecule has 0 aromatic heterocycles. The Kier molecular flexibility index (Phi) is 2.92. The number of amides is 2. The Balaban J connectivity index is 3.05. The van der Waals surface area contributed by atoms with Crippen LogP contribution in [0.15, 0.2) is 24.3 Å². The molecule has 0 atom stereocenters. The van der Waals surface area contributed by atoms with Crippen LogP contribution in [-0.2, 0) is 4.79 Å². The molecule has 0 bridgehead atoms. The van der Waals surface area contributed by atoms with Crippen molar-refractivity contribution < 1.29 is 14.4 Å². The molecule has 0 spiro atoms. The smallest absolute Gasteiger partial charge is 0.258 e. The maximum Gasteiger partial charge on any atom is 0.258 e. The average Bonchev–Trinajstić information content (AvgIpc) is 2.18. The molecule has 0 radical (unpaired) electrons. The highest BCUT2D eigenvalue weighted by molar-refractivity contribution is 6.05. The zero-order valence-corrected chi connectivity index (χ0v) is 6.69. The second-order valence-corrected chi connectivity index (χ2v) is 2.30. The summed E-state index contributed by atoms with van der Waals surface area (Å²) in [5, 5.41) is 1.96. The lowest BCUT2D eigenvalue weighted by Gasteiger charge is -2.00. The largest absolute Gasteiger partial charge is 0.298 e. The third-order valence-electron chi connectivity index (χ3n) is 1.52. The highest BCUT2D eigenvalue weighted by Crippen LogP contribution is 2.04. The summed E-state index contributed by atoms with van der Waals surface area (Å²) in [7, 11) is 0. The molecular weight excluding hydrogens is 170 g/mol. The van der Waals surface area contributed by atoms with Crippen molar-refractivity contribution in [3.63, 3.8) is 0 Å². The summed E-state index contributed by atoms with van der Waals surface area (Å²) in [5.41, 5.74) is 0.464. The van der Waals surface area contributed by atoms with E-state index in [2.05, 4.69) is 0 Å². The Hall–Kier alpha value is -1.97. The van der Waals surface area contributed by atoms with E-state index < -0.39 is 5.91 Å². The van der Waals surface area contributed by atoms with Gasteiger partial charge in [0.05, 0.1) is 5.56 Å². The number of hydrogen-bond donors (Lipinski definition) is 1. The van der Waals surface area contributed by atoms with Crippen LogP contribution in [0.2, 0.25) is 0 Å². The van der Waals surface area contributed by atoms with Crippen LogP contribution in [-0.4, -0.2) is 18.6 Å². The number of aldehydes is 1. The molecule has 0 aliphatic heterocycles. The van der Waals surface area contributed by atoms with E-state index in [0.717, 1.165) is 0 Å². The van der Waals surface area contributed by atoms with E-state index in [-0.39, 0.29) is 17.5 Å². The molecule has 0 saturated heterocycles. The minimum atomic E-state index is -0.572. The van der Waals surface area contributed by atoms with Crippen molar-refractivity contribution in [1.29, 1.82) is 0 Å². The third-order valence-corrected chi connectivity index (χ3v) is 1.52. The molecule has 0 aliphatic rings. The highest BCUT2D eigenvalue weighted by atomic mass is 16.2. The normalized spacial score (nSPS) is 8.92. The van der Waals surface area contributed by atoms with Gasteiger partial charge in [-0.15, -0.1) is 0 Å². The summed E-state index contributed by atoms with van der Waals surface area (Å²) in [6.07, 6.45) is 0.851. The lowest BCUT2D eigenvalue weighted by Crippen LogP contribution is -2.22. The third kappa shape index (κ3) is 1.99. The van der Waals surface area contributed by atoms with Crippen LogP contribution in [0.3, 0.4) is 0 Å². The molecule has 1 aromatic carbocycles. The summed E-state index contributed by atoms with van der Waals surface area (Å²) in [6.45, 7) is 0. The molecule has 2 amide bonds. The van der Waals surface area contributed by atoms with E-state index in [1.807, 2.05) is 5.32 Å². The number of rotatable bonds is 3. The Morgan fingerprint density at radius 1 is 1.23 bits per heavy atom. The van der Waals surface area contributed by atoms with Crippen LogP contribution in [0.1, 0.15) is 20.7 Å². The Bertz CT molecular complexity index is 346. The second-order valence-electron chi connectivity index (χ2n) is 2.30. The van der Waals surface area contributed by atoms with E-state index in [4.69, 9.17) is 0 Å². The van der Waals surface area contributed by atoms with E-state index in [9.17, 15) is 14.4 Å². The summed E-state index contributed by atoms with van der Waals surface area (Å²) in [6, 6.07) is 6.24. The predicted molar refractivity (Wildman–Crippen MR) is 45.4 cm³/mol. The number of carbonyl (C=O) groups excluding carboxylic acids is 3. The van der Waals surface area contributed by atoms with Crippen molar-refractivity contribution in [1.82, 2.24) is 5.32 Å². The van der Waals surface area contributed by atoms with Crippen molar-refractivity contribution in [3.8, 4) is 0 Å². The van der Waals surface area contributed by atoms with Gasteiger partial charge in [0, 0.05) is 5.56 Å². The predicted octanol–water partition coefficient (Wildman–Crippen LogP) is 0.385. The van der Waals surface area contributed by atoms with Gasteiger partial charge >= 0.3 is 0 Å². The topological polar surface area (TPSA) is 63.2 Å². The number of benzene rings is 1. The van der Waals surface area contributed by atoms with Gasteiger partial charge in [0.1, 0.15) is 0 Å². The summed E-state index contributed by atoms with van der Waals surface area (Å²) in [4.78, 5) is 31.6. The van der Waals surface area contributed by atoms with Gasteiger partial charge in [-0.25, -0.2) is 0 Å². The molecule has 0 unspecified atom stereocenters. The average molecular weight is 177 g/mol. The molecule has 66 valence electrons. The summed E-state index contributed by atoms with van der Waals surface area (Å²) < 4.78 is 0. The van der Waals surface area contributed by atoms with Crippen molar-refractivity contribution in [3.05, 3.63) is 35.4 Å². The van der Waals surface area contributed by atoms with Crippen LogP contribution < -0.4 is 5.32 Å². The van der Waals surface area contributed by atoms with Crippen molar-refractivity contribution >= 4 is 18.6 Å². The Morgan fingerprint density at radius 2 is 1.92 bits per heavy atom. The second kappa shape index (κ2) is 4.15. The quantitative estimate of drug-likeness (QED) is 0.679. The molecule has 0 aliphatic carbocycles. The molecule has 1 N–H and O–H groups in total. The minimum absolute atomic E-state index is 0.199. The van der Waals surface area contributed by atoms with Gasteiger partial charge < -0.3 is 0 Å². The fraction of sp³-hybridized carbons (Fsp3) is 0. The number of imide groups is 1. The van der Waals surface area contributed by atoms with Crippen LogP contribution in [0.25, 0.3) is 0 Å². The first-order chi connectivity index (χ1) is 6.29. The van der Waals surface area contributed by atoms with Gasteiger partial charge in [-0.3, -0.25) is 19.7 Å². The van der Waals surface area contributed by atoms with Gasteiger partial charge in [-0.05, 0) is 6.07 Å². The monoisotopic (exact) mass is 177 g/mol. The van der Waals surface area contributed by atoms with Crippen molar-refractivity contribution in [2.75, 3.05) is 0 Å². The van der Waals surface area contributed by atoms with Crippen molar-refractivity contribution in [2.45, 2.75) is 0 Å². The van der Waals surface area contributed by atoms with Crippen molar-refractivity contribution in [2.24, 2.45) is 0 Å². The molecule has 0 fully saturated rings. The van der Waals surface area contributed by atoms with Crippen LogP contribution in [0, 0.1) is 0 Å². The lowest BCUT2D eigenvalue weighted by molar-refractivity contribution is -0.108. The minimum Gasteiger partial charge on any atom is -0.298 e. The lowest BCUT2D eigenvalue weighted by atomic mass is 10.1. The van der Waals surface area contributed by atoms with E-state index >= 15 is 0 Å². The van der Waals surface area contributed by atoms with E-state index in [1.165, 1.54) is 12.1 Å². The molecule has 1 aromatic rings. The molecule has 4 heteroatoms. The Labute approximate surface area is 74.6 Å². The van der Waals surface area contributed by atoms with E-state index in [1.54, 1.807) is 12.1 Å². The van der Waals surface area contributed by atoms with Gasteiger partial charge in [0.2, 0.25) is 6.41 Å². The van der Waals surface area contributed by atoms with Gasteiger partial charge in [-0.1, -0.05) is 18.2 Å². The first kappa shape index (κ1) is 9.12. The van der Waals surface area contributed by atoms with Crippen LogP contribution in [0.5, 0.6) is 0 Å². The first-order valence-corrected chi connectivity index (χ1v) is 3.58. The SMILES string of the molecule is O=CNC(=O)c1ccccc1C=O. The molecule has 0 saturated carbocycles. The molecule has 0 heterocycles. The standard InChI is InChI=1S/C9H7NO3/c11-5-7-3-1-2-4-8(7)9(13)10-6-12/h1-6H,(H,10,12,13). The number of hydrogen-bond acceptors (Lipinski definition) is 3. The van der Waals surface area contributed by atoms with Gasteiger partial charge in [0.15, 0.2) is 6.29 Å². The zero-order chi connectivity index (χ0) is 9.68. The van der Waals surface area contributed by atoms with Crippen LogP contribution in [0.4, 0.5) is 0 Å². The van der Waals surface area contributed by atoms with Gasteiger partial charge in [0.25, 0.3) is 5.91 Å². The molecule has 1 rings (SSSR count). The molecule has 4 nitrogen and oxygen atoms in total. The number of nitrogens with one attached hydrogen (secondary N) is 1. The maximum atomic E-state index is 11.1.